The molecule has 0 aliphatic heterocycles. The summed E-state index contributed by atoms with van der Waals surface area (Å²) in [7, 11) is 1.99. The van der Waals surface area contributed by atoms with E-state index in [1.165, 1.54) is 5.56 Å². The Kier molecular flexibility index (Phi) is 5.56. The summed E-state index contributed by atoms with van der Waals surface area (Å²) in [6.45, 7) is 3.07. The molecule has 0 bridgehead atoms. The van der Waals surface area contributed by atoms with Gasteiger partial charge in [-0.3, -0.25) is 4.68 Å². The van der Waals surface area contributed by atoms with Crippen LogP contribution in [0.4, 0.5) is 0 Å². The van der Waals surface area contributed by atoms with Crippen LogP contribution in [0.1, 0.15) is 24.7 Å². The first-order chi connectivity index (χ1) is 9.72. The molecule has 1 heterocycles. The molecule has 1 unspecified atom stereocenters. The molecule has 2 aromatic rings. The molecule has 1 aromatic carbocycles. The smallest absolute Gasteiger partial charge is 0.138 e. The lowest BCUT2D eigenvalue weighted by Gasteiger charge is -2.16. The minimum atomic E-state index is 0.344. The van der Waals surface area contributed by atoms with Crippen LogP contribution < -0.4 is 5.32 Å². The van der Waals surface area contributed by atoms with Crippen molar-refractivity contribution in [2.24, 2.45) is 0 Å². The van der Waals surface area contributed by atoms with Gasteiger partial charge < -0.3 is 5.32 Å². The Morgan fingerprint density at radius 1 is 1.25 bits per heavy atom. The molecule has 0 spiro atoms. The Hall–Kier alpha value is -1.39. The van der Waals surface area contributed by atoms with Crippen LogP contribution in [0.15, 0.2) is 30.6 Å². The van der Waals surface area contributed by atoms with E-state index in [1.54, 1.807) is 6.33 Å². The molecule has 5 heteroatoms. The molecular weight excluding hydrogens is 272 g/mol. The minimum Gasteiger partial charge on any atom is -0.316 e. The van der Waals surface area contributed by atoms with Crippen LogP contribution in [0, 0.1) is 0 Å². The normalized spacial score (nSPS) is 12.6. The molecule has 2 rings (SSSR count). The zero-order chi connectivity index (χ0) is 14.4. The number of aromatic nitrogens is 3. The van der Waals surface area contributed by atoms with E-state index in [0.717, 1.165) is 36.7 Å². The lowest BCUT2D eigenvalue weighted by atomic mass is 10.0. The van der Waals surface area contributed by atoms with E-state index in [9.17, 15) is 0 Å². The number of nitrogens with one attached hydrogen (secondary N) is 1. The van der Waals surface area contributed by atoms with Crippen LogP contribution in [0.5, 0.6) is 0 Å². The zero-order valence-corrected chi connectivity index (χ0v) is 12.8. The van der Waals surface area contributed by atoms with Gasteiger partial charge >= 0.3 is 0 Å². The average molecular weight is 293 g/mol. The topological polar surface area (TPSA) is 42.7 Å². The van der Waals surface area contributed by atoms with Gasteiger partial charge in [-0.15, -0.1) is 0 Å². The molecule has 0 amide bonds. The maximum Gasteiger partial charge on any atom is 0.138 e. The molecule has 0 aliphatic carbocycles. The summed E-state index contributed by atoms with van der Waals surface area (Å²) in [5, 5.41) is 8.41. The Balaban J connectivity index is 2.01. The molecule has 0 saturated heterocycles. The van der Waals surface area contributed by atoms with Crippen LogP contribution in [0.3, 0.4) is 0 Å². The van der Waals surface area contributed by atoms with Gasteiger partial charge in [-0.1, -0.05) is 30.7 Å². The first-order valence-corrected chi connectivity index (χ1v) is 7.39. The second-order valence-corrected chi connectivity index (χ2v) is 5.36. The van der Waals surface area contributed by atoms with Gasteiger partial charge in [-0.2, -0.15) is 5.10 Å². The standard InChI is InChI=1S/C15H21ClN4/c1-3-8-20-15(18-11-19-20)10-14(17-2)9-12-4-6-13(16)7-5-12/h4-7,11,14,17H,3,8-10H2,1-2H3. The molecular formula is C15H21ClN4. The maximum absolute atomic E-state index is 5.92. The van der Waals surface area contributed by atoms with Gasteiger partial charge in [0.25, 0.3) is 0 Å². The van der Waals surface area contributed by atoms with Gasteiger partial charge in [0.05, 0.1) is 0 Å². The molecule has 0 radical (unpaired) electrons. The number of aryl methyl sites for hydroxylation is 1. The highest BCUT2D eigenvalue weighted by molar-refractivity contribution is 6.30. The zero-order valence-electron chi connectivity index (χ0n) is 12.0. The Labute approximate surface area is 125 Å². The molecule has 0 aliphatic rings. The molecule has 4 nitrogen and oxygen atoms in total. The average Bonchev–Trinajstić information content (AvgIpc) is 2.88. The summed E-state index contributed by atoms with van der Waals surface area (Å²) in [4.78, 5) is 4.37. The molecule has 0 saturated carbocycles. The number of likely N-dealkylation sites (N-methyl/N-ethyl adjacent to an activating group) is 1. The van der Waals surface area contributed by atoms with E-state index in [4.69, 9.17) is 11.6 Å². The van der Waals surface area contributed by atoms with Gasteiger partial charge in [-0.05, 0) is 37.6 Å². The van der Waals surface area contributed by atoms with Crippen LogP contribution in [0.25, 0.3) is 0 Å². The van der Waals surface area contributed by atoms with Crippen LogP contribution >= 0.6 is 11.6 Å². The van der Waals surface area contributed by atoms with Crippen molar-refractivity contribution in [3.05, 3.63) is 47.0 Å². The highest BCUT2D eigenvalue weighted by Crippen LogP contribution is 2.12. The number of hydrogen-bond acceptors (Lipinski definition) is 3. The molecule has 1 aromatic heterocycles. The number of hydrogen-bond donors (Lipinski definition) is 1. The first kappa shape index (κ1) is 15.0. The predicted molar refractivity (Wildman–Crippen MR) is 82.0 cm³/mol. The minimum absolute atomic E-state index is 0.344. The van der Waals surface area contributed by atoms with Crippen molar-refractivity contribution in [2.45, 2.75) is 38.8 Å². The number of nitrogens with zero attached hydrogens (tertiary/aromatic N) is 3. The van der Waals surface area contributed by atoms with Gasteiger partial charge in [-0.25, -0.2) is 4.98 Å². The largest absolute Gasteiger partial charge is 0.316 e. The van der Waals surface area contributed by atoms with Crippen molar-refractivity contribution >= 4 is 11.6 Å². The molecule has 108 valence electrons. The third-order valence-corrected chi connectivity index (χ3v) is 3.62. The monoisotopic (exact) mass is 292 g/mol. The van der Waals surface area contributed by atoms with Crippen molar-refractivity contribution in [3.63, 3.8) is 0 Å². The summed E-state index contributed by atoms with van der Waals surface area (Å²) in [6.07, 6.45) is 4.53. The quantitative estimate of drug-likeness (QED) is 0.853. The second kappa shape index (κ2) is 7.41. The lowest BCUT2D eigenvalue weighted by Crippen LogP contribution is -2.31. The maximum atomic E-state index is 5.92. The van der Waals surface area contributed by atoms with Gasteiger partial charge in [0.2, 0.25) is 0 Å². The molecule has 1 atom stereocenters. The van der Waals surface area contributed by atoms with Crippen LogP contribution in [-0.2, 0) is 19.4 Å². The van der Waals surface area contributed by atoms with E-state index in [-0.39, 0.29) is 0 Å². The summed E-state index contributed by atoms with van der Waals surface area (Å²) >= 11 is 5.92. The third-order valence-electron chi connectivity index (χ3n) is 3.36. The lowest BCUT2D eigenvalue weighted by molar-refractivity contribution is 0.501. The molecule has 1 N–H and O–H groups in total. The van der Waals surface area contributed by atoms with E-state index in [0.29, 0.717) is 6.04 Å². The number of benzene rings is 1. The fourth-order valence-corrected chi connectivity index (χ4v) is 2.37. The summed E-state index contributed by atoms with van der Waals surface area (Å²) in [5.74, 6) is 1.04. The summed E-state index contributed by atoms with van der Waals surface area (Å²) in [6, 6.07) is 8.36. The first-order valence-electron chi connectivity index (χ1n) is 7.01. The third kappa shape index (κ3) is 4.05. The number of rotatable bonds is 7. The second-order valence-electron chi connectivity index (χ2n) is 4.92. The summed E-state index contributed by atoms with van der Waals surface area (Å²) in [5.41, 5.74) is 1.27. The van der Waals surface area contributed by atoms with E-state index in [2.05, 4.69) is 34.5 Å². The van der Waals surface area contributed by atoms with Crippen molar-refractivity contribution in [2.75, 3.05) is 7.05 Å². The Bertz CT molecular complexity index is 521. The number of halogens is 1. The van der Waals surface area contributed by atoms with E-state index in [1.807, 2.05) is 23.9 Å². The van der Waals surface area contributed by atoms with Crippen molar-refractivity contribution < 1.29 is 0 Å². The van der Waals surface area contributed by atoms with Crippen LogP contribution in [-0.4, -0.2) is 27.9 Å². The predicted octanol–water partition coefficient (Wildman–Crippen LogP) is 2.71. The highest BCUT2D eigenvalue weighted by atomic mass is 35.5. The molecule has 20 heavy (non-hydrogen) atoms. The fourth-order valence-electron chi connectivity index (χ4n) is 2.25. The van der Waals surface area contributed by atoms with Crippen molar-refractivity contribution in [3.8, 4) is 0 Å². The Morgan fingerprint density at radius 3 is 2.65 bits per heavy atom. The van der Waals surface area contributed by atoms with E-state index >= 15 is 0 Å². The van der Waals surface area contributed by atoms with Gasteiger partial charge in [0, 0.05) is 24.0 Å². The van der Waals surface area contributed by atoms with E-state index < -0.39 is 0 Å². The fraction of sp³-hybridized carbons (Fsp3) is 0.467. The van der Waals surface area contributed by atoms with Gasteiger partial charge in [0.1, 0.15) is 12.2 Å². The van der Waals surface area contributed by atoms with Gasteiger partial charge in [0.15, 0.2) is 0 Å². The van der Waals surface area contributed by atoms with Crippen LogP contribution in [0.2, 0.25) is 5.02 Å². The van der Waals surface area contributed by atoms with Crippen molar-refractivity contribution in [1.82, 2.24) is 20.1 Å². The SMILES string of the molecule is CCCn1ncnc1CC(Cc1ccc(Cl)cc1)NC. The van der Waals surface area contributed by atoms with Crippen molar-refractivity contribution in [1.29, 1.82) is 0 Å². The summed E-state index contributed by atoms with van der Waals surface area (Å²) < 4.78 is 1.99. The molecule has 0 fully saturated rings. The highest BCUT2D eigenvalue weighted by Gasteiger charge is 2.12. The Morgan fingerprint density at radius 2 is 2.00 bits per heavy atom.